The van der Waals surface area contributed by atoms with Crippen molar-refractivity contribution in [3.63, 3.8) is 0 Å². The Morgan fingerprint density at radius 2 is 1.84 bits per heavy atom. The molecule has 1 aliphatic heterocycles. The fourth-order valence-corrected chi connectivity index (χ4v) is 3.07. The van der Waals surface area contributed by atoms with E-state index in [1.165, 1.54) is 0 Å². The minimum atomic E-state index is -0.146. The lowest BCUT2D eigenvalue weighted by Crippen LogP contribution is -2.48. The number of halogens is 1. The zero-order valence-corrected chi connectivity index (χ0v) is 16.0. The van der Waals surface area contributed by atoms with Gasteiger partial charge in [-0.15, -0.1) is 0 Å². The zero-order valence-electron chi connectivity index (χ0n) is 14.5. The first kappa shape index (κ1) is 19.5. The largest absolute Gasteiger partial charge is 0.366 e. The highest BCUT2D eigenvalue weighted by Gasteiger charge is 2.22. The molecule has 0 atom stereocenters. The molecule has 1 fully saturated rings. The van der Waals surface area contributed by atoms with Crippen LogP contribution in [0.3, 0.4) is 0 Å². The van der Waals surface area contributed by atoms with Gasteiger partial charge in [0, 0.05) is 44.0 Å². The summed E-state index contributed by atoms with van der Waals surface area (Å²) in [6.07, 6.45) is 0.886. The van der Waals surface area contributed by atoms with E-state index in [2.05, 4.69) is 15.5 Å². The van der Waals surface area contributed by atoms with Crippen LogP contribution in [0.5, 0.6) is 0 Å². The van der Waals surface area contributed by atoms with Crippen LogP contribution < -0.4 is 15.5 Å². The van der Waals surface area contributed by atoms with Crippen molar-refractivity contribution >= 4 is 52.1 Å². The summed E-state index contributed by atoms with van der Waals surface area (Å²) in [4.78, 5) is 27.4. The second-order valence-electron chi connectivity index (χ2n) is 5.74. The Kier molecular flexibility index (Phi) is 7.01. The standard InChI is InChI=1S/C17H23ClN4O2S/c1-3-15(23)20-17(25)19-13-11-12(18)5-6-14(13)21-7-9-22(10-8-21)16(24)4-2/h5-6,11H,3-4,7-10H2,1-2H3,(H2,19,20,23,25). The topological polar surface area (TPSA) is 64.7 Å². The fourth-order valence-electron chi connectivity index (χ4n) is 2.67. The lowest BCUT2D eigenvalue weighted by atomic mass is 10.2. The molecule has 0 aliphatic carbocycles. The zero-order chi connectivity index (χ0) is 18.4. The van der Waals surface area contributed by atoms with Gasteiger partial charge in [-0.2, -0.15) is 0 Å². The van der Waals surface area contributed by atoms with Crippen LogP contribution in [0.2, 0.25) is 5.02 Å². The SMILES string of the molecule is CCC(=O)NC(=S)Nc1cc(Cl)ccc1N1CCN(C(=O)CC)CC1. The Bertz CT molecular complexity index is 660. The van der Waals surface area contributed by atoms with Crippen LogP contribution in [0.25, 0.3) is 0 Å². The number of carbonyl (C=O) groups is 2. The average Bonchev–Trinajstić information content (AvgIpc) is 2.61. The lowest BCUT2D eigenvalue weighted by Gasteiger charge is -2.37. The number of anilines is 2. The normalized spacial score (nSPS) is 14.2. The second kappa shape index (κ2) is 9.01. The van der Waals surface area contributed by atoms with Crippen LogP contribution in [0, 0.1) is 0 Å². The van der Waals surface area contributed by atoms with Crippen LogP contribution in [0.15, 0.2) is 18.2 Å². The highest BCUT2D eigenvalue weighted by atomic mass is 35.5. The van der Waals surface area contributed by atoms with E-state index < -0.39 is 0 Å². The monoisotopic (exact) mass is 382 g/mol. The third-order valence-corrected chi connectivity index (χ3v) is 4.50. The summed E-state index contributed by atoms with van der Waals surface area (Å²) in [7, 11) is 0. The fraction of sp³-hybridized carbons (Fsp3) is 0.471. The number of nitrogens with one attached hydrogen (secondary N) is 2. The molecule has 8 heteroatoms. The van der Waals surface area contributed by atoms with Crippen molar-refractivity contribution < 1.29 is 9.59 Å². The first-order valence-electron chi connectivity index (χ1n) is 8.37. The van der Waals surface area contributed by atoms with Gasteiger partial charge in [-0.3, -0.25) is 9.59 Å². The highest BCUT2D eigenvalue weighted by Crippen LogP contribution is 2.30. The number of hydrogen-bond acceptors (Lipinski definition) is 4. The Morgan fingerprint density at radius 3 is 2.44 bits per heavy atom. The van der Waals surface area contributed by atoms with Crippen LogP contribution in [-0.4, -0.2) is 48.0 Å². The molecule has 2 N–H and O–H groups in total. The average molecular weight is 383 g/mol. The van der Waals surface area contributed by atoms with Gasteiger partial charge in [0.2, 0.25) is 11.8 Å². The van der Waals surface area contributed by atoms with Crippen molar-refractivity contribution in [1.82, 2.24) is 10.2 Å². The molecule has 1 heterocycles. The number of thiocarbonyl (C=S) groups is 1. The van der Waals surface area contributed by atoms with Gasteiger partial charge < -0.3 is 20.4 Å². The van der Waals surface area contributed by atoms with Gasteiger partial charge in [0.15, 0.2) is 5.11 Å². The summed E-state index contributed by atoms with van der Waals surface area (Å²) in [6.45, 7) is 6.48. The quantitative estimate of drug-likeness (QED) is 0.784. The molecule has 0 saturated carbocycles. The number of nitrogens with zero attached hydrogens (tertiary/aromatic N) is 2. The lowest BCUT2D eigenvalue weighted by molar-refractivity contribution is -0.131. The maximum atomic E-state index is 11.8. The molecule has 0 unspecified atom stereocenters. The van der Waals surface area contributed by atoms with E-state index in [0.29, 0.717) is 31.0 Å². The molecule has 2 rings (SSSR count). The van der Waals surface area contributed by atoms with Gasteiger partial charge in [-0.1, -0.05) is 25.4 Å². The molecule has 6 nitrogen and oxygen atoms in total. The summed E-state index contributed by atoms with van der Waals surface area (Å²) >= 11 is 11.3. The Hall–Kier alpha value is -1.86. The van der Waals surface area contributed by atoms with Gasteiger partial charge in [0.05, 0.1) is 11.4 Å². The van der Waals surface area contributed by atoms with Gasteiger partial charge in [0.1, 0.15) is 0 Å². The number of rotatable bonds is 4. The highest BCUT2D eigenvalue weighted by molar-refractivity contribution is 7.80. The molecule has 0 spiro atoms. The molecule has 2 amide bonds. The van der Waals surface area contributed by atoms with Crippen molar-refractivity contribution in [3.8, 4) is 0 Å². The first-order valence-corrected chi connectivity index (χ1v) is 9.16. The Balaban J connectivity index is 2.10. The Labute approximate surface area is 158 Å². The predicted octanol–water partition coefficient (Wildman–Crippen LogP) is 2.62. The molecule has 1 saturated heterocycles. The molecule has 0 radical (unpaired) electrons. The van der Waals surface area contributed by atoms with Crippen molar-refractivity contribution in [3.05, 3.63) is 23.2 Å². The van der Waals surface area contributed by atoms with E-state index in [1.807, 2.05) is 24.0 Å². The molecule has 0 bridgehead atoms. The van der Waals surface area contributed by atoms with E-state index in [0.717, 1.165) is 24.5 Å². The number of hydrogen-bond donors (Lipinski definition) is 2. The van der Waals surface area contributed by atoms with Gasteiger partial charge in [-0.05, 0) is 30.4 Å². The number of amides is 2. The van der Waals surface area contributed by atoms with E-state index in [1.54, 1.807) is 13.0 Å². The summed E-state index contributed by atoms with van der Waals surface area (Å²) in [5.74, 6) is 0.0327. The smallest absolute Gasteiger partial charge is 0.225 e. The molecule has 136 valence electrons. The van der Waals surface area contributed by atoms with Gasteiger partial charge in [0.25, 0.3) is 0 Å². The molecule has 1 aliphatic rings. The second-order valence-corrected chi connectivity index (χ2v) is 6.58. The molecule has 0 aromatic heterocycles. The minimum absolute atomic E-state index is 0.146. The summed E-state index contributed by atoms with van der Waals surface area (Å²) in [6, 6.07) is 5.52. The number of benzene rings is 1. The van der Waals surface area contributed by atoms with Crippen LogP contribution >= 0.6 is 23.8 Å². The maximum Gasteiger partial charge on any atom is 0.225 e. The van der Waals surface area contributed by atoms with E-state index in [4.69, 9.17) is 23.8 Å². The first-order chi connectivity index (χ1) is 11.9. The van der Waals surface area contributed by atoms with E-state index in [-0.39, 0.29) is 16.9 Å². The Morgan fingerprint density at radius 1 is 1.16 bits per heavy atom. The molecular weight excluding hydrogens is 360 g/mol. The van der Waals surface area contributed by atoms with Crippen molar-refractivity contribution in [2.24, 2.45) is 0 Å². The number of piperazine rings is 1. The molecule has 25 heavy (non-hydrogen) atoms. The van der Waals surface area contributed by atoms with Crippen molar-refractivity contribution in [2.75, 3.05) is 36.4 Å². The minimum Gasteiger partial charge on any atom is -0.366 e. The van der Waals surface area contributed by atoms with Crippen molar-refractivity contribution in [1.29, 1.82) is 0 Å². The van der Waals surface area contributed by atoms with Crippen molar-refractivity contribution in [2.45, 2.75) is 26.7 Å². The number of carbonyl (C=O) groups excluding carboxylic acids is 2. The summed E-state index contributed by atoms with van der Waals surface area (Å²) < 4.78 is 0. The predicted molar refractivity (Wildman–Crippen MR) is 105 cm³/mol. The molecule has 1 aromatic carbocycles. The maximum absolute atomic E-state index is 11.8. The molecular formula is C17H23ClN4O2S. The van der Waals surface area contributed by atoms with Crippen LogP contribution in [-0.2, 0) is 9.59 Å². The van der Waals surface area contributed by atoms with Crippen LogP contribution in [0.1, 0.15) is 26.7 Å². The third-order valence-electron chi connectivity index (χ3n) is 4.06. The van der Waals surface area contributed by atoms with E-state index in [9.17, 15) is 9.59 Å². The van der Waals surface area contributed by atoms with Gasteiger partial charge >= 0.3 is 0 Å². The van der Waals surface area contributed by atoms with Gasteiger partial charge in [-0.25, -0.2) is 0 Å². The summed E-state index contributed by atoms with van der Waals surface area (Å²) in [5.41, 5.74) is 1.69. The molecule has 1 aromatic rings. The van der Waals surface area contributed by atoms with E-state index >= 15 is 0 Å². The third kappa shape index (κ3) is 5.31. The summed E-state index contributed by atoms with van der Waals surface area (Å²) in [5, 5.41) is 6.50. The van der Waals surface area contributed by atoms with Crippen LogP contribution in [0.4, 0.5) is 11.4 Å².